The van der Waals surface area contributed by atoms with Crippen molar-refractivity contribution in [3.05, 3.63) is 29.3 Å². The molecular weight excluding hydrogens is 206 g/mol. The van der Waals surface area contributed by atoms with Gasteiger partial charge in [-0.25, -0.2) is 9.78 Å². The molecule has 0 aliphatic heterocycles. The van der Waals surface area contributed by atoms with Crippen LogP contribution in [0.25, 0.3) is 10.2 Å². The van der Waals surface area contributed by atoms with Crippen LogP contribution in [0.4, 0.5) is 0 Å². The number of carbonyl (C=O) groups is 1. The molecule has 2 rings (SSSR count). The first-order valence-electron chi connectivity index (χ1n) is 3.52. The lowest BCUT2D eigenvalue weighted by Gasteiger charge is -1.87. The van der Waals surface area contributed by atoms with E-state index in [-0.39, 0.29) is 0 Å². The Hall–Kier alpha value is -1.07. The molecule has 66 valence electrons. The van der Waals surface area contributed by atoms with Crippen molar-refractivity contribution in [2.75, 3.05) is 0 Å². The summed E-state index contributed by atoms with van der Waals surface area (Å²) in [7, 11) is 0. The predicted molar refractivity (Wildman–Crippen MR) is 54.0 cm³/mol. The van der Waals surface area contributed by atoms with Crippen LogP contribution < -0.4 is 0 Å². The Morgan fingerprint density at radius 3 is 2.92 bits per heavy atom. The van der Waals surface area contributed by atoms with Crippen LogP contribution >= 0.6 is 24.2 Å². The van der Waals surface area contributed by atoms with E-state index < -0.39 is 5.97 Å². The van der Waals surface area contributed by atoms with Crippen molar-refractivity contribution < 1.29 is 8.98 Å². The first kappa shape index (κ1) is 8.52. The molecule has 0 atom stereocenters. The highest BCUT2D eigenvalue weighted by Crippen LogP contribution is 2.22. The predicted octanol–water partition coefficient (Wildman–Crippen LogP) is 2.30. The zero-order valence-electron chi connectivity index (χ0n) is 6.43. The number of para-hydroxylation sites is 1. The highest BCUT2D eigenvalue weighted by molar-refractivity contribution is 7.75. The van der Waals surface area contributed by atoms with Crippen molar-refractivity contribution in [3.63, 3.8) is 0 Å². The molecule has 3 nitrogen and oxygen atoms in total. The summed E-state index contributed by atoms with van der Waals surface area (Å²) < 4.78 is 5.24. The monoisotopic (exact) mass is 211 g/mol. The average molecular weight is 211 g/mol. The number of hydrogen-bond acceptors (Lipinski definition) is 5. The van der Waals surface area contributed by atoms with Crippen LogP contribution in [0.3, 0.4) is 0 Å². The minimum atomic E-state index is -0.510. The minimum absolute atomic E-state index is 0.330. The lowest BCUT2D eigenvalue weighted by atomic mass is 10.3. The summed E-state index contributed by atoms with van der Waals surface area (Å²) in [5, 5.41) is 0.330. The fourth-order valence-corrected chi connectivity index (χ4v) is 1.99. The zero-order chi connectivity index (χ0) is 9.26. The van der Waals surface area contributed by atoms with Gasteiger partial charge in [-0.1, -0.05) is 12.1 Å². The molecule has 2 aromatic rings. The molecule has 0 fully saturated rings. The summed E-state index contributed by atoms with van der Waals surface area (Å²) in [6.45, 7) is 0. The zero-order valence-corrected chi connectivity index (χ0v) is 8.14. The van der Waals surface area contributed by atoms with E-state index in [2.05, 4.69) is 22.1 Å². The summed E-state index contributed by atoms with van der Waals surface area (Å²) in [5.41, 5.74) is 0.807. The molecule has 0 bridgehead atoms. The average Bonchev–Trinajstić information content (AvgIpc) is 2.59. The molecule has 0 saturated carbocycles. The standard InChI is InChI=1S/C8H5NO2S2/c10-8(11-12)7-9-5-3-1-2-4-6(5)13-7/h1-4,12H. The summed E-state index contributed by atoms with van der Waals surface area (Å²) in [4.78, 5) is 15.1. The molecule has 13 heavy (non-hydrogen) atoms. The number of nitrogens with zero attached hydrogens (tertiary/aromatic N) is 1. The Kier molecular flexibility index (Phi) is 2.20. The normalized spacial score (nSPS) is 10.2. The van der Waals surface area contributed by atoms with E-state index in [9.17, 15) is 4.79 Å². The van der Waals surface area contributed by atoms with Gasteiger partial charge in [-0.2, -0.15) is 0 Å². The van der Waals surface area contributed by atoms with Gasteiger partial charge in [0.05, 0.1) is 10.2 Å². The molecule has 0 radical (unpaired) electrons. The highest BCUT2D eigenvalue weighted by Gasteiger charge is 2.11. The molecule has 0 saturated heterocycles. The van der Waals surface area contributed by atoms with E-state index in [0.717, 1.165) is 10.2 Å². The number of fused-ring (bicyclic) bond motifs is 1. The fourth-order valence-electron chi connectivity index (χ4n) is 0.999. The lowest BCUT2D eigenvalue weighted by Crippen LogP contribution is -1.95. The number of benzene rings is 1. The second-order valence-corrected chi connectivity index (χ2v) is 3.58. The van der Waals surface area contributed by atoms with Gasteiger partial charge in [-0.3, -0.25) is 0 Å². The molecule has 1 heterocycles. The van der Waals surface area contributed by atoms with Gasteiger partial charge < -0.3 is 4.18 Å². The van der Waals surface area contributed by atoms with Crippen LogP contribution in [0.1, 0.15) is 9.80 Å². The van der Waals surface area contributed by atoms with Crippen molar-refractivity contribution >= 4 is 40.4 Å². The summed E-state index contributed by atoms with van der Waals surface area (Å²) in [6, 6.07) is 7.53. The molecule has 0 aliphatic carbocycles. The Morgan fingerprint density at radius 2 is 2.23 bits per heavy atom. The Morgan fingerprint density at radius 1 is 1.46 bits per heavy atom. The fraction of sp³-hybridized carbons (Fsp3) is 0. The van der Waals surface area contributed by atoms with Crippen molar-refractivity contribution in [3.8, 4) is 0 Å². The van der Waals surface area contributed by atoms with Gasteiger partial charge in [0, 0.05) is 12.9 Å². The molecule has 0 aliphatic rings. The quantitative estimate of drug-likeness (QED) is 0.581. The third-order valence-corrected chi connectivity index (χ3v) is 2.73. The van der Waals surface area contributed by atoms with Gasteiger partial charge in [0.15, 0.2) is 0 Å². The SMILES string of the molecule is O=C(OS)c1nc2ccccc2s1. The van der Waals surface area contributed by atoms with Crippen molar-refractivity contribution in [1.29, 1.82) is 0 Å². The summed E-state index contributed by atoms with van der Waals surface area (Å²) in [5.74, 6) is -0.510. The number of hydrogen-bond donors (Lipinski definition) is 1. The van der Waals surface area contributed by atoms with E-state index in [1.807, 2.05) is 24.3 Å². The largest absolute Gasteiger partial charge is 0.389 e. The van der Waals surface area contributed by atoms with Crippen molar-refractivity contribution in [2.45, 2.75) is 0 Å². The highest BCUT2D eigenvalue weighted by atomic mass is 32.1. The number of thiazole rings is 1. The van der Waals surface area contributed by atoms with E-state index in [1.54, 1.807) is 0 Å². The molecule has 1 aromatic heterocycles. The molecular formula is C8H5NO2S2. The number of carbonyl (C=O) groups excluding carboxylic acids is 1. The van der Waals surface area contributed by atoms with Gasteiger partial charge in [-0.15, -0.1) is 11.3 Å². The second kappa shape index (κ2) is 3.35. The maximum Gasteiger partial charge on any atom is 0.379 e. The van der Waals surface area contributed by atoms with Gasteiger partial charge in [-0.05, 0) is 12.1 Å². The van der Waals surface area contributed by atoms with Crippen LogP contribution in [-0.2, 0) is 4.18 Å². The second-order valence-electron chi connectivity index (χ2n) is 2.37. The van der Waals surface area contributed by atoms with Crippen LogP contribution in [0.5, 0.6) is 0 Å². The topological polar surface area (TPSA) is 39.2 Å². The number of aromatic nitrogens is 1. The van der Waals surface area contributed by atoms with Gasteiger partial charge in [0.25, 0.3) is 0 Å². The maximum atomic E-state index is 11.0. The third-order valence-electron chi connectivity index (χ3n) is 1.55. The van der Waals surface area contributed by atoms with E-state index in [0.29, 0.717) is 5.01 Å². The maximum absolute atomic E-state index is 11.0. The summed E-state index contributed by atoms with van der Waals surface area (Å²) in [6.07, 6.45) is 0. The molecule has 0 spiro atoms. The van der Waals surface area contributed by atoms with Crippen LogP contribution in [0.15, 0.2) is 24.3 Å². The Bertz CT molecular complexity index is 419. The molecule has 1 aromatic carbocycles. The smallest absolute Gasteiger partial charge is 0.379 e. The first-order chi connectivity index (χ1) is 6.31. The lowest BCUT2D eigenvalue weighted by molar-refractivity contribution is 0.0772. The van der Waals surface area contributed by atoms with Gasteiger partial charge in [0.1, 0.15) is 0 Å². The summed E-state index contributed by atoms with van der Waals surface area (Å²) >= 11 is 4.72. The first-order valence-corrected chi connectivity index (χ1v) is 4.71. The Balaban J connectivity index is 2.56. The molecule has 5 heteroatoms. The van der Waals surface area contributed by atoms with Crippen LogP contribution in [0, 0.1) is 0 Å². The molecule has 0 unspecified atom stereocenters. The minimum Gasteiger partial charge on any atom is -0.389 e. The van der Waals surface area contributed by atoms with Gasteiger partial charge in [0.2, 0.25) is 5.01 Å². The Labute approximate surface area is 84.0 Å². The molecule has 0 N–H and O–H groups in total. The molecule has 0 amide bonds. The van der Waals surface area contributed by atoms with Gasteiger partial charge >= 0.3 is 5.97 Å². The van der Waals surface area contributed by atoms with E-state index in [4.69, 9.17) is 0 Å². The van der Waals surface area contributed by atoms with Crippen LogP contribution in [0.2, 0.25) is 0 Å². The number of thiol groups is 1. The van der Waals surface area contributed by atoms with Crippen molar-refractivity contribution in [1.82, 2.24) is 4.98 Å². The van der Waals surface area contributed by atoms with Crippen molar-refractivity contribution in [2.24, 2.45) is 0 Å². The number of rotatable bonds is 1. The van der Waals surface area contributed by atoms with E-state index in [1.165, 1.54) is 11.3 Å². The van der Waals surface area contributed by atoms with Crippen LogP contribution in [-0.4, -0.2) is 11.0 Å². The van der Waals surface area contributed by atoms with E-state index >= 15 is 0 Å². The third kappa shape index (κ3) is 1.52.